The molecule has 0 saturated heterocycles. The van der Waals surface area contributed by atoms with Gasteiger partial charge >= 0.3 is 6.03 Å². The molecule has 11 nitrogen and oxygen atoms in total. The topological polar surface area (TPSA) is 158 Å². The SMILES string of the molecule is CCC(F)C(O)c1cccnc1S(=O)(=O)N(C(N)=O)c1nc(OC)cc(OC)n1. The number of halogens is 1. The van der Waals surface area contributed by atoms with E-state index in [4.69, 9.17) is 15.2 Å². The van der Waals surface area contributed by atoms with Gasteiger partial charge in [-0.2, -0.15) is 18.4 Å². The molecule has 0 bridgehead atoms. The molecule has 2 aromatic heterocycles. The van der Waals surface area contributed by atoms with E-state index in [1.165, 1.54) is 39.3 Å². The van der Waals surface area contributed by atoms with Gasteiger partial charge in [0.1, 0.15) is 12.3 Å². The maximum absolute atomic E-state index is 14.0. The van der Waals surface area contributed by atoms with Crippen LogP contribution in [0.3, 0.4) is 0 Å². The fourth-order valence-electron chi connectivity index (χ4n) is 2.37. The third kappa shape index (κ3) is 4.51. The maximum atomic E-state index is 14.0. The number of nitrogens with zero attached hydrogens (tertiary/aromatic N) is 4. The van der Waals surface area contributed by atoms with E-state index in [1.54, 1.807) is 0 Å². The van der Waals surface area contributed by atoms with Gasteiger partial charge in [-0.3, -0.25) is 0 Å². The number of sulfonamides is 1. The lowest BCUT2D eigenvalue weighted by Gasteiger charge is -2.22. The van der Waals surface area contributed by atoms with Crippen molar-refractivity contribution in [1.82, 2.24) is 15.0 Å². The Morgan fingerprint density at radius 1 is 1.31 bits per heavy atom. The zero-order valence-electron chi connectivity index (χ0n) is 15.8. The first kappa shape index (κ1) is 22.2. The second kappa shape index (κ2) is 8.96. The summed E-state index contributed by atoms with van der Waals surface area (Å²) in [6.45, 7) is 1.48. The summed E-state index contributed by atoms with van der Waals surface area (Å²) < 4.78 is 50.3. The average Bonchev–Trinajstić information content (AvgIpc) is 2.71. The van der Waals surface area contributed by atoms with Gasteiger partial charge in [-0.25, -0.2) is 14.2 Å². The number of aromatic nitrogens is 3. The molecule has 2 amide bonds. The minimum Gasteiger partial charge on any atom is -0.481 e. The van der Waals surface area contributed by atoms with Crippen LogP contribution in [0.2, 0.25) is 0 Å². The highest BCUT2D eigenvalue weighted by Crippen LogP contribution is 2.30. The summed E-state index contributed by atoms with van der Waals surface area (Å²) in [6, 6.07) is 2.29. The van der Waals surface area contributed by atoms with Crippen molar-refractivity contribution in [3.05, 3.63) is 30.0 Å². The molecule has 0 aliphatic carbocycles. The van der Waals surface area contributed by atoms with Gasteiger partial charge in [-0.15, -0.1) is 4.31 Å². The molecule has 0 fully saturated rings. The largest absolute Gasteiger partial charge is 0.481 e. The Labute approximate surface area is 166 Å². The molecule has 0 spiro atoms. The molecular weight excluding hydrogens is 409 g/mol. The number of carbonyl (C=O) groups is 1. The first-order valence-corrected chi connectivity index (χ1v) is 9.70. The number of aliphatic hydroxyl groups excluding tert-OH is 1. The minimum atomic E-state index is -4.84. The summed E-state index contributed by atoms with van der Waals surface area (Å²) in [7, 11) is -2.32. The molecule has 2 aromatic rings. The summed E-state index contributed by atoms with van der Waals surface area (Å²) in [6.07, 6.45) is -2.53. The van der Waals surface area contributed by atoms with E-state index in [9.17, 15) is 22.7 Å². The van der Waals surface area contributed by atoms with Gasteiger partial charge in [0.15, 0.2) is 5.03 Å². The highest BCUT2D eigenvalue weighted by atomic mass is 32.2. The Bertz CT molecular complexity index is 967. The molecule has 2 heterocycles. The van der Waals surface area contributed by atoms with Crippen molar-refractivity contribution < 1.29 is 32.2 Å². The van der Waals surface area contributed by atoms with Crippen LogP contribution < -0.4 is 19.5 Å². The highest BCUT2D eigenvalue weighted by Gasteiger charge is 2.37. The molecule has 2 rings (SSSR count). The van der Waals surface area contributed by atoms with E-state index in [-0.39, 0.29) is 28.0 Å². The predicted molar refractivity (Wildman–Crippen MR) is 98.8 cm³/mol. The van der Waals surface area contributed by atoms with Crippen LogP contribution in [-0.4, -0.2) is 54.9 Å². The van der Waals surface area contributed by atoms with Crippen LogP contribution in [0.1, 0.15) is 25.0 Å². The van der Waals surface area contributed by atoms with Crippen LogP contribution in [0.25, 0.3) is 0 Å². The molecule has 0 radical (unpaired) electrons. The molecule has 0 saturated carbocycles. The fourth-order valence-corrected chi connectivity index (χ4v) is 3.75. The lowest BCUT2D eigenvalue weighted by molar-refractivity contribution is 0.0726. The number of amides is 2. The third-order valence-corrected chi connectivity index (χ3v) is 5.46. The van der Waals surface area contributed by atoms with E-state index in [2.05, 4.69) is 15.0 Å². The number of methoxy groups -OCH3 is 2. The van der Waals surface area contributed by atoms with Gasteiger partial charge in [0.25, 0.3) is 16.0 Å². The summed E-state index contributed by atoms with van der Waals surface area (Å²) in [5.41, 5.74) is 4.92. The number of primary amides is 1. The standard InChI is InChI=1S/C16H20FN5O6S/c1-4-10(17)13(23)9-6-5-7-19-14(9)29(25,26)22(15(18)24)16-20-11(27-2)8-12(21-16)28-3/h5-8,10,13,23H,4H2,1-3H3,(H2,18,24). The van der Waals surface area contributed by atoms with E-state index < -0.39 is 39.3 Å². The van der Waals surface area contributed by atoms with Crippen molar-refractivity contribution >= 4 is 22.0 Å². The van der Waals surface area contributed by atoms with E-state index in [1.807, 2.05) is 0 Å². The Hall–Kier alpha value is -3.06. The van der Waals surface area contributed by atoms with Crippen molar-refractivity contribution in [2.45, 2.75) is 30.6 Å². The van der Waals surface area contributed by atoms with Crippen molar-refractivity contribution in [1.29, 1.82) is 0 Å². The molecule has 2 unspecified atom stereocenters. The summed E-state index contributed by atoms with van der Waals surface area (Å²) >= 11 is 0. The first-order chi connectivity index (χ1) is 13.7. The van der Waals surface area contributed by atoms with Crippen molar-refractivity contribution in [2.75, 3.05) is 18.5 Å². The van der Waals surface area contributed by atoms with Crippen LogP contribution in [0.4, 0.5) is 15.1 Å². The molecule has 3 N–H and O–H groups in total. The maximum Gasteiger partial charge on any atom is 0.336 e. The van der Waals surface area contributed by atoms with Crippen LogP contribution in [0, 0.1) is 0 Å². The smallest absolute Gasteiger partial charge is 0.336 e. The lowest BCUT2D eigenvalue weighted by Crippen LogP contribution is -2.43. The van der Waals surface area contributed by atoms with Gasteiger partial charge in [0.05, 0.1) is 20.3 Å². The van der Waals surface area contributed by atoms with E-state index in [0.717, 1.165) is 6.20 Å². The van der Waals surface area contributed by atoms with Crippen LogP contribution in [-0.2, 0) is 10.0 Å². The third-order valence-electron chi connectivity index (χ3n) is 3.80. The van der Waals surface area contributed by atoms with Gasteiger partial charge in [-0.05, 0) is 12.5 Å². The average molecular weight is 429 g/mol. The normalized spacial score (nSPS) is 13.4. The zero-order chi connectivity index (χ0) is 21.8. The second-order valence-corrected chi connectivity index (χ2v) is 7.33. The second-order valence-electron chi connectivity index (χ2n) is 5.63. The number of hydrogen-bond donors (Lipinski definition) is 2. The number of rotatable bonds is 8. The Morgan fingerprint density at radius 2 is 1.90 bits per heavy atom. The lowest BCUT2D eigenvalue weighted by atomic mass is 10.1. The van der Waals surface area contributed by atoms with Crippen LogP contribution >= 0.6 is 0 Å². The van der Waals surface area contributed by atoms with Gasteiger partial charge in [0.2, 0.25) is 11.8 Å². The minimum absolute atomic E-state index is 0.0653. The number of aliphatic hydroxyl groups is 1. The van der Waals surface area contributed by atoms with E-state index >= 15 is 0 Å². The van der Waals surface area contributed by atoms with Crippen molar-refractivity contribution in [3.63, 3.8) is 0 Å². The quantitative estimate of drug-likeness (QED) is 0.623. The number of nitrogens with two attached hydrogens (primary N) is 1. The summed E-state index contributed by atoms with van der Waals surface area (Å²) in [4.78, 5) is 23.4. The highest BCUT2D eigenvalue weighted by molar-refractivity contribution is 7.93. The molecule has 29 heavy (non-hydrogen) atoms. The molecule has 0 aromatic carbocycles. The summed E-state index contributed by atoms with van der Waals surface area (Å²) in [5.74, 6) is -0.888. The number of alkyl halides is 1. The number of urea groups is 1. The van der Waals surface area contributed by atoms with Crippen molar-refractivity contribution in [2.24, 2.45) is 5.73 Å². The number of anilines is 1. The number of hydrogen-bond acceptors (Lipinski definition) is 9. The molecule has 13 heteroatoms. The number of ether oxygens (including phenoxy) is 2. The van der Waals surface area contributed by atoms with Crippen molar-refractivity contribution in [3.8, 4) is 11.8 Å². The van der Waals surface area contributed by atoms with Crippen LogP contribution in [0.5, 0.6) is 11.8 Å². The van der Waals surface area contributed by atoms with Gasteiger partial charge in [-0.1, -0.05) is 13.0 Å². The summed E-state index contributed by atoms with van der Waals surface area (Å²) in [5, 5.41) is 9.43. The first-order valence-electron chi connectivity index (χ1n) is 8.26. The van der Waals surface area contributed by atoms with Gasteiger partial charge in [0, 0.05) is 11.8 Å². The fraction of sp³-hybridized carbons (Fsp3) is 0.375. The zero-order valence-corrected chi connectivity index (χ0v) is 16.6. The van der Waals surface area contributed by atoms with E-state index in [0.29, 0.717) is 0 Å². The number of pyridine rings is 1. The van der Waals surface area contributed by atoms with Crippen LogP contribution in [0.15, 0.2) is 29.4 Å². The molecule has 158 valence electrons. The molecular formula is C16H20FN5O6S. The Kier molecular flexibility index (Phi) is 6.87. The molecule has 0 aliphatic heterocycles. The molecule has 2 atom stereocenters. The Morgan fingerprint density at radius 3 is 2.38 bits per heavy atom. The monoisotopic (exact) mass is 429 g/mol. The Balaban J connectivity index is 2.69. The predicted octanol–water partition coefficient (Wildman–Crippen LogP) is 0.944. The van der Waals surface area contributed by atoms with Gasteiger partial charge < -0.3 is 20.3 Å². The molecule has 0 aliphatic rings. The number of carbonyl (C=O) groups excluding carboxylic acids is 1.